The fraction of sp³-hybridized carbons (Fsp3) is 0.250. The van der Waals surface area contributed by atoms with Gasteiger partial charge in [-0.05, 0) is 17.7 Å². The Bertz CT molecular complexity index is 764. The van der Waals surface area contributed by atoms with E-state index in [2.05, 4.69) is 5.32 Å². The van der Waals surface area contributed by atoms with E-state index in [0.29, 0.717) is 5.56 Å². The molecule has 0 fully saturated rings. The number of hydrogen-bond acceptors (Lipinski definition) is 5. The van der Waals surface area contributed by atoms with E-state index in [9.17, 15) is 14.4 Å². The molecule has 0 saturated carbocycles. The molecule has 0 aliphatic carbocycles. The number of esters is 1. The van der Waals surface area contributed by atoms with E-state index in [-0.39, 0.29) is 19.1 Å². The molecule has 2 aromatic carbocycles. The molecule has 2 amide bonds. The van der Waals surface area contributed by atoms with Gasteiger partial charge in [-0.15, -0.1) is 0 Å². The van der Waals surface area contributed by atoms with E-state index in [1.807, 2.05) is 30.3 Å². The summed E-state index contributed by atoms with van der Waals surface area (Å²) in [6.45, 7) is 0.0141. The van der Waals surface area contributed by atoms with E-state index in [1.165, 1.54) is 12.0 Å². The highest BCUT2D eigenvalue weighted by Crippen LogP contribution is 2.05. The van der Waals surface area contributed by atoms with Gasteiger partial charge < -0.3 is 19.7 Å². The normalized spacial score (nSPS) is 11.2. The summed E-state index contributed by atoms with van der Waals surface area (Å²) in [5, 5.41) is 2.45. The van der Waals surface area contributed by atoms with Crippen LogP contribution in [0.3, 0.4) is 0 Å². The first kappa shape index (κ1) is 20.0. The smallest absolute Gasteiger partial charge is 0.408 e. The minimum absolute atomic E-state index is 0.0547. The molecule has 1 N–H and O–H groups in total. The summed E-state index contributed by atoms with van der Waals surface area (Å²) >= 11 is 0. The van der Waals surface area contributed by atoms with Crippen LogP contribution in [0.1, 0.15) is 15.9 Å². The lowest BCUT2D eigenvalue weighted by Crippen LogP contribution is -2.49. The van der Waals surface area contributed by atoms with Crippen molar-refractivity contribution >= 4 is 18.0 Å². The van der Waals surface area contributed by atoms with Gasteiger partial charge in [-0.25, -0.2) is 9.59 Å². The molecule has 1 atom stereocenters. The molecule has 0 unspecified atom stereocenters. The van der Waals surface area contributed by atoms with E-state index in [1.54, 1.807) is 37.4 Å². The summed E-state index contributed by atoms with van der Waals surface area (Å²) in [6, 6.07) is 16.8. The molecule has 2 rings (SSSR count). The summed E-state index contributed by atoms with van der Waals surface area (Å²) < 4.78 is 9.83. The van der Waals surface area contributed by atoms with Crippen molar-refractivity contribution in [3.05, 3.63) is 71.8 Å². The molecule has 0 heterocycles. The van der Waals surface area contributed by atoms with Crippen LogP contribution < -0.4 is 5.32 Å². The molecule has 0 radical (unpaired) electrons. The first-order valence-corrected chi connectivity index (χ1v) is 8.37. The number of likely N-dealkylation sites (N-methyl/N-ethyl adjacent to an activating group) is 1. The fourth-order valence-electron chi connectivity index (χ4n) is 2.39. The summed E-state index contributed by atoms with van der Waals surface area (Å²) in [5.41, 5.74) is 1.30. The zero-order valence-electron chi connectivity index (χ0n) is 15.3. The molecule has 2 aromatic rings. The Morgan fingerprint density at radius 3 is 2.19 bits per heavy atom. The third-order valence-electron chi connectivity index (χ3n) is 3.81. The second-order valence-corrected chi connectivity index (χ2v) is 5.83. The van der Waals surface area contributed by atoms with E-state index < -0.39 is 18.1 Å². The van der Waals surface area contributed by atoms with Gasteiger partial charge in [-0.2, -0.15) is 0 Å². The molecule has 0 bridgehead atoms. The number of alkyl carbamates (subject to hydrolysis) is 1. The minimum atomic E-state index is -1.05. The topological polar surface area (TPSA) is 84.9 Å². The molecule has 0 aromatic heterocycles. The Balaban J connectivity index is 1.95. The van der Waals surface area contributed by atoms with Crippen molar-refractivity contribution in [1.82, 2.24) is 10.2 Å². The number of nitrogens with one attached hydrogen (secondary N) is 1. The summed E-state index contributed by atoms with van der Waals surface area (Å²) in [6.07, 6.45) is -0.769. The van der Waals surface area contributed by atoms with Gasteiger partial charge in [0.2, 0.25) is 0 Å². The van der Waals surface area contributed by atoms with Crippen LogP contribution in [0.5, 0.6) is 0 Å². The third-order valence-corrected chi connectivity index (χ3v) is 3.81. The highest BCUT2D eigenvalue weighted by molar-refractivity contribution is 5.94. The number of amides is 2. The lowest BCUT2D eigenvalue weighted by Gasteiger charge is -2.23. The van der Waals surface area contributed by atoms with E-state index in [0.717, 1.165) is 5.56 Å². The van der Waals surface area contributed by atoms with Gasteiger partial charge in [0, 0.05) is 12.6 Å². The van der Waals surface area contributed by atoms with Gasteiger partial charge in [-0.1, -0.05) is 48.5 Å². The SMILES string of the molecule is COC(=O)[C@H](CN(C)C(=O)c1ccccc1)NC(=O)OCc1ccccc1. The zero-order chi connectivity index (χ0) is 19.6. The van der Waals surface area contributed by atoms with Crippen LogP contribution in [0, 0.1) is 0 Å². The first-order chi connectivity index (χ1) is 13.0. The number of benzene rings is 2. The maximum Gasteiger partial charge on any atom is 0.408 e. The van der Waals surface area contributed by atoms with Gasteiger partial charge in [0.15, 0.2) is 0 Å². The second kappa shape index (κ2) is 9.96. The molecule has 27 heavy (non-hydrogen) atoms. The second-order valence-electron chi connectivity index (χ2n) is 5.83. The number of rotatable bonds is 7. The van der Waals surface area contributed by atoms with Gasteiger partial charge in [0.1, 0.15) is 12.6 Å². The molecule has 0 aliphatic rings. The molecule has 0 saturated heterocycles. The minimum Gasteiger partial charge on any atom is -0.467 e. The Kier molecular flexibility index (Phi) is 7.37. The Hall–Kier alpha value is -3.35. The quantitative estimate of drug-likeness (QED) is 0.756. The maximum atomic E-state index is 12.4. The van der Waals surface area contributed by atoms with Gasteiger partial charge in [0.25, 0.3) is 5.91 Å². The summed E-state index contributed by atoms with van der Waals surface area (Å²) in [4.78, 5) is 37.8. The van der Waals surface area contributed by atoms with Crippen LogP contribution in [0.2, 0.25) is 0 Å². The number of carbonyl (C=O) groups excluding carboxylic acids is 3. The molecule has 142 valence electrons. The van der Waals surface area contributed by atoms with Crippen LogP contribution >= 0.6 is 0 Å². The molecule has 0 spiro atoms. The molecule has 0 aliphatic heterocycles. The predicted octanol–water partition coefficient (Wildman–Crippen LogP) is 2.23. The van der Waals surface area contributed by atoms with Crippen molar-refractivity contribution in [2.75, 3.05) is 20.7 Å². The fourth-order valence-corrected chi connectivity index (χ4v) is 2.39. The highest BCUT2D eigenvalue weighted by atomic mass is 16.6. The van der Waals surface area contributed by atoms with Crippen molar-refractivity contribution in [1.29, 1.82) is 0 Å². The van der Waals surface area contributed by atoms with Crippen molar-refractivity contribution < 1.29 is 23.9 Å². The van der Waals surface area contributed by atoms with Gasteiger partial charge in [0.05, 0.1) is 13.7 Å². The predicted molar refractivity (Wildman–Crippen MR) is 99.0 cm³/mol. The first-order valence-electron chi connectivity index (χ1n) is 8.37. The number of nitrogens with zero attached hydrogens (tertiary/aromatic N) is 1. The van der Waals surface area contributed by atoms with Crippen molar-refractivity contribution in [2.45, 2.75) is 12.6 Å². The standard InChI is InChI=1S/C20H22N2O5/c1-22(18(23)16-11-7-4-8-12-16)13-17(19(24)26-2)21-20(25)27-14-15-9-5-3-6-10-15/h3-12,17H,13-14H2,1-2H3,(H,21,25)/t17-/m0/s1. The number of hydrogen-bond donors (Lipinski definition) is 1. The number of methoxy groups -OCH3 is 1. The van der Waals surface area contributed by atoms with Crippen LogP contribution in [0.4, 0.5) is 4.79 Å². The van der Waals surface area contributed by atoms with Crippen LogP contribution in [-0.2, 0) is 20.9 Å². The molecular weight excluding hydrogens is 348 g/mol. The maximum absolute atomic E-state index is 12.4. The lowest BCUT2D eigenvalue weighted by atomic mass is 10.2. The molecular formula is C20H22N2O5. The Morgan fingerprint density at radius 2 is 1.59 bits per heavy atom. The zero-order valence-corrected chi connectivity index (χ0v) is 15.3. The third kappa shape index (κ3) is 6.14. The number of carbonyl (C=O) groups is 3. The van der Waals surface area contributed by atoms with E-state index in [4.69, 9.17) is 9.47 Å². The molecule has 7 nitrogen and oxygen atoms in total. The largest absolute Gasteiger partial charge is 0.467 e. The average molecular weight is 370 g/mol. The summed E-state index contributed by atoms with van der Waals surface area (Å²) in [5.74, 6) is -0.941. The van der Waals surface area contributed by atoms with Gasteiger partial charge >= 0.3 is 12.1 Å². The van der Waals surface area contributed by atoms with Gasteiger partial charge in [-0.3, -0.25) is 4.79 Å². The molecule has 7 heteroatoms. The van der Waals surface area contributed by atoms with Crippen LogP contribution in [-0.4, -0.2) is 49.6 Å². The average Bonchev–Trinajstić information content (AvgIpc) is 2.71. The number of ether oxygens (including phenoxy) is 2. The highest BCUT2D eigenvalue weighted by Gasteiger charge is 2.26. The summed E-state index contributed by atoms with van der Waals surface area (Å²) in [7, 11) is 2.76. The monoisotopic (exact) mass is 370 g/mol. The van der Waals surface area contributed by atoms with Crippen LogP contribution in [0.15, 0.2) is 60.7 Å². The van der Waals surface area contributed by atoms with Crippen molar-refractivity contribution in [2.24, 2.45) is 0 Å². The van der Waals surface area contributed by atoms with E-state index >= 15 is 0 Å². The lowest BCUT2D eigenvalue weighted by molar-refractivity contribution is -0.143. The Morgan fingerprint density at radius 1 is 1.00 bits per heavy atom. The Labute approximate surface area is 157 Å². The van der Waals surface area contributed by atoms with Crippen molar-refractivity contribution in [3.63, 3.8) is 0 Å². The van der Waals surface area contributed by atoms with Crippen molar-refractivity contribution in [3.8, 4) is 0 Å². The van der Waals surface area contributed by atoms with Crippen LogP contribution in [0.25, 0.3) is 0 Å².